The molecule has 0 fully saturated rings. The van der Waals surface area contributed by atoms with Gasteiger partial charge in [0.05, 0.1) is 12.2 Å². The molecule has 0 heterocycles. The van der Waals surface area contributed by atoms with Crippen molar-refractivity contribution in [1.82, 2.24) is 0 Å². The Morgan fingerprint density at radius 3 is 1.29 bits per heavy atom. The molecular weight excluding hydrogens is 260 g/mol. The second-order valence-electron chi connectivity index (χ2n) is 5.29. The maximum absolute atomic E-state index is 11.8. The Morgan fingerprint density at radius 2 is 1.05 bits per heavy atom. The molecular formula is C19H24O2. The van der Waals surface area contributed by atoms with E-state index < -0.39 is 0 Å². The van der Waals surface area contributed by atoms with E-state index in [-0.39, 0.29) is 5.78 Å². The van der Waals surface area contributed by atoms with E-state index >= 15 is 0 Å². The Bertz CT molecular complexity index is 468. The number of ether oxygens (including phenoxy) is 1. The van der Waals surface area contributed by atoms with Gasteiger partial charge < -0.3 is 4.74 Å². The van der Waals surface area contributed by atoms with Crippen molar-refractivity contribution in [1.29, 1.82) is 0 Å². The summed E-state index contributed by atoms with van der Waals surface area (Å²) in [7, 11) is 0. The Hall–Kier alpha value is -1.93. The molecule has 0 aromatic heterocycles. The molecule has 2 aromatic carbocycles. The van der Waals surface area contributed by atoms with Crippen molar-refractivity contribution < 1.29 is 9.53 Å². The quantitative estimate of drug-likeness (QED) is 0.758. The zero-order valence-electron chi connectivity index (χ0n) is 13.2. The fourth-order valence-corrected chi connectivity index (χ4v) is 1.89. The van der Waals surface area contributed by atoms with Gasteiger partial charge in [0.15, 0.2) is 5.78 Å². The lowest BCUT2D eigenvalue weighted by Crippen LogP contribution is -2.09. The summed E-state index contributed by atoms with van der Waals surface area (Å²) in [5.74, 6) is 0.0752. The third-order valence-electron chi connectivity index (χ3n) is 2.62. The van der Waals surface area contributed by atoms with Crippen molar-refractivity contribution in [2.45, 2.75) is 39.9 Å². The first-order valence-electron chi connectivity index (χ1n) is 7.31. The lowest BCUT2D eigenvalue weighted by Gasteiger charge is -2.09. The van der Waals surface area contributed by atoms with E-state index in [1.54, 1.807) is 0 Å². The Balaban J connectivity index is 0.000000270. The molecule has 0 atom stereocenters. The largest absolute Gasteiger partial charge is 0.376 e. The Kier molecular flexibility index (Phi) is 7.41. The van der Waals surface area contributed by atoms with Gasteiger partial charge in [0.2, 0.25) is 0 Å². The van der Waals surface area contributed by atoms with Crippen LogP contribution < -0.4 is 0 Å². The SMILES string of the molecule is CC(C)OC(C)C.O=C(c1ccccc1)c1ccccc1. The van der Waals surface area contributed by atoms with Crippen molar-refractivity contribution >= 4 is 5.78 Å². The van der Waals surface area contributed by atoms with Crippen LogP contribution in [0.25, 0.3) is 0 Å². The maximum atomic E-state index is 11.8. The molecule has 2 aromatic rings. The molecule has 21 heavy (non-hydrogen) atoms. The first kappa shape index (κ1) is 17.1. The number of benzene rings is 2. The van der Waals surface area contributed by atoms with Gasteiger partial charge in [-0.3, -0.25) is 4.79 Å². The van der Waals surface area contributed by atoms with Gasteiger partial charge in [-0.05, 0) is 27.7 Å². The van der Waals surface area contributed by atoms with Crippen LogP contribution in [-0.2, 0) is 4.74 Å². The van der Waals surface area contributed by atoms with Gasteiger partial charge in [-0.2, -0.15) is 0 Å². The van der Waals surface area contributed by atoms with E-state index in [1.165, 1.54) is 0 Å². The molecule has 0 unspecified atom stereocenters. The predicted octanol–water partition coefficient (Wildman–Crippen LogP) is 4.74. The zero-order valence-corrected chi connectivity index (χ0v) is 13.2. The lowest BCUT2D eigenvalue weighted by atomic mass is 10.0. The van der Waals surface area contributed by atoms with Crippen LogP contribution >= 0.6 is 0 Å². The molecule has 0 bridgehead atoms. The van der Waals surface area contributed by atoms with Crippen LogP contribution in [0, 0.1) is 0 Å². The van der Waals surface area contributed by atoms with Crippen molar-refractivity contribution in [3.05, 3.63) is 71.8 Å². The van der Waals surface area contributed by atoms with Gasteiger partial charge in [0.1, 0.15) is 0 Å². The monoisotopic (exact) mass is 284 g/mol. The summed E-state index contributed by atoms with van der Waals surface area (Å²) in [6.07, 6.45) is 0.750. The van der Waals surface area contributed by atoms with Crippen molar-refractivity contribution in [3.8, 4) is 0 Å². The minimum atomic E-state index is 0.0752. The number of carbonyl (C=O) groups excluding carboxylic acids is 1. The van der Waals surface area contributed by atoms with E-state index in [2.05, 4.69) is 0 Å². The van der Waals surface area contributed by atoms with Crippen LogP contribution in [0.4, 0.5) is 0 Å². The summed E-state index contributed by atoms with van der Waals surface area (Å²) < 4.78 is 5.25. The van der Waals surface area contributed by atoms with Crippen molar-refractivity contribution in [2.75, 3.05) is 0 Å². The minimum Gasteiger partial charge on any atom is -0.376 e. The summed E-state index contributed by atoms with van der Waals surface area (Å²) in [6, 6.07) is 18.6. The molecule has 0 aliphatic carbocycles. The highest BCUT2D eigenvalue weighted by Gasteiger charge is 2.06. The van der Waals surface area contributed by atoms with E-state index in [0.29, 0.717) is 12.2 Å². The molecule has 2 nitrogen and oxygen atoms in total. The molecule has 0 radical (unpaired) electrons. The minimum absolute atomic E-state index is 0.0752. The van der Waals surface area contributed by atoms with Crippen LogP contribution in [0.3, 0.4) is 0 Å². The second-order valence-corrected chi connectivity index (χ2v) is 5.29. The van der Waals surface area contributed by atoms with Crippen LogP contribution in [0.2, 0.25) is 0 Å². The topological polar surface area (TPSA) is 26.3 Å². The fraction of sp³-hybridized carbons (Fsp3) is 0.316. The number of rotatable bonds is 4. The van der Waals surface area contributed by atoms with E-state index in [0.717, 1.165) is 11.1 Å². The molecule has 0 N–H and O–H groups in total. The highest BCUT2D eigenvalue weighted by molar-refractivity contribution is 6.08. The second kappa shape index (κ2) is 9.09. The highest BCUT2D eigenvalue weighted by Crippen LogP contribution is 2.08. The first-order chi connectivity index (χ1) is 10.0. The Labute approximate surface area is 127 Å². The van der Waals surface area contributed by atoms with Gasteiger partial charge in [-0.15, -0.1) is 0 Å². The number of hydrogen-bond acceptors (Lipinski definition) is 2. The first-order valence-corrected chi connectivity index (χ1v) is 7.31. The van der Waals surface area contributed by atoms with Gasteiger partial charge in [0.25, 0.3) is 0 Å². The maximum Gasteiger partial charge on any atom is 0.193 e. The Morgan fingerprint density at radius 1 is 0.714 bits per heavy atom. The van der Waals surface area contributed by atoms with Gasteiger partial charge in [-0.25, -0.2) is 0 Å². The smallest absolute Gasteiger partial charge is 0.193 e. The molecule has 2 rings (SSSR count). The standard InChI is InChI=1S/C13H10O.C6H14O/c14-13(11-7-3-1-4-8-11)12-9-5-2-6-10-12;1-5(2)7-6(3)4/h1-10H;5-6H,1-4H3. The number of hydrogen-bond donors (Lipinski definition) is 0. The number of ketones is 1. The van der Waals surface area contributed by atoms with E-state index in [4.69, 9.17) is 4.74 Å². The molecule has 112 valence electrons. The fourth-order valence-electron chi connectivity index (χ4n) is 1.89. The normalized spacial score (nSPS) is 10.2. The molecule has 2 heteroatoms. The number of carbonyl (C=O) groups is 1. The van der Waals surface area contributed by atoms with Crippen LogP contribution in [0.15, 0.2) is 60.7 Å². The molecule has 0 saturated carbocycles. The van der Waals surface area contributed by atoms with E-state index in [9.17, 15) is 4.79 Å². The average molecular weight is 284 g/mol. The van der Waals surface area contributed by atoms with Crippen LogP contribution in [0.1, 0.15) is 43.6 Å². The molecule has 0 amide bonds. The van der Waals surface area contributed by atoms with Crippen LogP contribution in [-0.4, -0.2) is 18.0 Å². The van der Waals surface area contributed by atoms with Gasteiger partial charge in [-0.1, -0.05) is 60.7 Å². The highest BCUT2D eigenvalue weighted by atomic mass is 16.5. The third-order valence-corrected chi connectivity index (χ3v) is 2.62. The van der Waals surface area contributed by atoms with Crippen molar-refractivity contribution in [3.63, 3.8) is 0 Å². The third kappa shape index (κ3) is 6.87. The van der Waals surface area contributed by atoms with Gasteiger partial charge >= 0.3 is 0 Å². The average Bonchev–Trinajstić information content (AvgIpc) is 2.47. The van der Waals surface area contributed by atoms with E-state index in [1.807, 2.05) is 88.4 Å². The zero-order chi connectivity index (χ0) is 15.7. The van der Waals surface area contributed by atoms with Crippen molar-refractivity contribution in [2.24, 2.45) is 0 Å². The molecule has 0 aliphatic heterocycles. The summed E-state index contributed by atoms with van der Waals surface area (Å²) >= 11 is 0. The van der Waals surface area contributed by atoms with Crippen LogP contribution in [0.5, 0.6) is 0 Å². The van der Waals surface area contributed by atoms with Gasteiger partial charge in [0, 0.05) is 11.1 Å². The summed E-state index contributed by atoms with van der Waals surface area (Å²) in [4.78, 5) is 11.8. The molecule has 0 saturated heterocycles. The summed E-state index contributed by atoms with van der Waals surface area (Å²) in [5.41, 5.74) is 1.47. The lowest BCUT2D eigenvalue weighted by molar-refractivity contribution is 0.0300. The molecule has 0 aliphatic rings. The summed E-state index contributed by atoms with van der Waals surface area (Å²) in [5, 5.41) is 0. The summed E-state index contributed by atoms with van der Waals surface area (Å²) in [6.45, 7) is 8.17. The predicted molar refractivity (Wildman–Crippen MR) is 87.7 cm³/mol. The molecule has 0 spiro atoms.